The minimum absolute atomic E-state index is 0.337. The maximum atomic E-state index is 9.14. The van der Waals surface area contributed by atoms with Gasteiger partial charge in [-0.1, -0.05) is 0 Å². The van der Waals surface area contributed by atoms with Crippen LogP contribution in [0.5, 0.6) is 0 Å². The molecule has 0 saturated heterocycles. The lowest BCUT2D eigenvalue weighted by Gasteiger charge is -2.17. The van der Waals surface area contributed by atoms with E-state index in [9.17, 15) is 0 Å². The molecule has 10 heavy (non-hydrogen) atoms. The number of hydrogen-bond donors (Lipinski definition) is 2. The van der Waals surface area contributed by atoms with Gasteiger partial charge >= 0.3 is 0 Å². The lowest BCUT2D eigenvalue weighted by atomic mass is 10.3. The second-order valence-electron chi connectivity index (χ2n) is 2.47. The van der Waals surface area contributed by atoms with Gasteiger partial charge in [0.25, 0.3) is 0 Å². The van der Waals surface area contributed by atoms with Gasteiger partial charge in [-0.05, 0) is 13.8 Å². The molecule has 0 aliphatic heterocycles. The first-order chi connectivity index (χ1) is 4.74. The third-order valence-electron chi connectivity index (χ3n) is 1.70. The number of likely N-dealkylation sites (N-methyl/N-ethyl adjacent to an activating group) is 1. The Morgan fingerprint density at radius 1 is 1.40 bits per heavy atom. The van der Waals surface area contributed by atoms with E-state index in [4.69, 9.17) is 16.7 Å². The fraction of sp³-hybridized carbons (Fsp3) is 1.00. The van der Waals surface area contributed by atoms with E-state index in [1.54, 1.807) is 0 Å². The summed E-state index contributed by atoms with van der Waals surface area (Å²) in [7, 11) is 0. The molecule has 0 fully saturated rings. The predicted octanol–water partition coefficient (Wildman–Crippen LogP) is -0.489. The third kappa shape index (κ3) is 4.09. The van der Waals surface area contributed by atoms with Crippen molar-refractivity contribution in [2.75, 3.05) is 25.5 Å². The van der Waals surface area contributed by atoms with Crippen molar-refractivity contribution in [3.63, 3.8) is 0 Å². The van der Waals surface area contributed by atoms with Crippen LogP contribution in [0.3, 0.4) is 0 Å². The number of nitrogens with one attached hydrogen (secondary N) is 1. The average molecular weight is 167 g/mol. The fourth-order valence-corrected chi connectivity index (χ4v) is 1.04. The molecule has 0 radical (unpaired) electrons. The monoisotopic (exact) mass is 166 g/mol. The van der Waals surface area contributed by atoms with Gasteiger partial charge in [0, 0.05) is 0 Å². The van der Waals surface area contributed by atoms with Crippen molar-refractivity contribution in [1.82, 2.24) is 0 Å². The lowest BCUT2D eigenvalue weighted by molar-refractivity contribution is -0.899. The summed E-state index contributed by atoms with van der Waals surface area (Å²) in [5.74, 6) is 0.351. The molecule has 1 atom stereocenters. The van der Waals surface area contributed by atoms with Gasteiger partial charge in [0.05, 0.1) is 19.0 Å². The topological polar surface area (TPSA) is 24.7 Å². The number of quaternary nitrogens is 1. The number of hydrogen-bond acceptors (Lipinski definition) is 1. The van der Waals surface area contributed by atoms with Crippen LogP contribution >= 0.6 is 11.6 Å². The Morgan fingerprint density at radius 3 is 2.20 bits per heavy atom. The maximum Gasteiger partial charge on any atom is 0.116 e. The number of rotatable bonds is 5. The average Bonchev–Trinajstić information content (AvgIpc) is 1.99. The van der Waals surface area contributed by atoms with Crippen LogP contribution in [0.25, 0.3) is 0 Å². The second-order valence-corrected chi connectivity index (χ2v) is 2.78. The Hall–Kier alpha value is 0.210. The molecule has 0 aliphatic carbocycles. The van der Waals surface area contributed by atoms with E-state index in [2.05, 4.69) is 13.8 Å². The molecule has 62 valence electrons. The Balaban J connectivity index is 3.41. The Labute approximate surface area is 67.8 Å². The van der Waals surface area contributed by atoms with Crippen LogP contribution in [0.15, 0.2) is 0 Å². The predicted molar refractivity (Wildman–Crippen MR) is 43.6 cm³/mol. The van der Waals surface area contributed by atoms with E-state index >= 15 is 0 Å². The van der Waals surface area contributed by atoms with Crippen molar-refractivity contribution in [1.29, 1.82) is 0 Å². The normalized spacial score (nSPS) is 14.1. The van der Waals surface area contributed by atoms with Crippen LogP contribution in [-0.4, -0.2) is 36.7 Å². The Morgan fingerprint density at radius 2 is 1.90 bits per heavy atom. The van der Waals surface area contributed by atoms with Gasteiger partial charge in [-0.2, -0.15) is 0 Å². The minimum atomic E-state index is -0.337. The van der Waals surface area contributed by atoms with Crippen molar-refractivity contribution in [2.24, 2.45) is 0 Å². The molecule has 0 aromatic rings. The van der Waals surface area contributed by atoms with E-state index < -0.39 is 0 Å². The lowest BCUT2D eigenvalue weighted by Crippen LogP contribution is -3.12. The smallest absolute Gasteiger partial charge is 0.116 e. The largest absolute Gasteiger partial charge is 0.386 e. The van der Waals surface area contributed by atoms with Crippen LogP contribution in [0, 0.1) is 0 Å². The molecular formula is C7H17ClNO+. The third-order valence-corrected chi connectivity index (χ3v) is 2.06. The molecule has 0 saturated carbocycles. The molecule has 0 unspecified atom stereocenters. The zero-order valence-electron chi connectivity index (χ0n) is 6.73. The first kappa shape index (κ1) is 10.2. The molecule has 0 amide bonds. The molecule has 0 aliphatic rings. The van der Waals surface area contributed by atoms with E-state index in [1.807, 2.05) is 0 Å². The first-order valence-corrected chi connectivity index (χ1v) is 4.35. The SMILES string of the molecule is CC[NH+](CC)C[C@H](O)CCl. The molecular weight excluding hydrogens is 150 g/mol. The number of aliphatic hydroxyl groups excluding tert-OH is 1. The summed E-state index contributed by atoms with van der Waals surface area (Å²) in [6.45, 7) is 7.12. The van der Waals surface area contributed by atoms with Crippen molar-refractivity contribution < 1.29 is 10.0 Å². The maximum absolute atomic E-state index is 9.14. The van der Waals surface area contributed by atoms with E-state index in [-0.39, 0.29) is 6.10 Å². The molecule has 0 aromatic carbocycles. The van der Waals surface area contributed by atoms with Crippen LogP contribution < -0.4 is 4.90 Å². The quantitative estimate of drug-likeness (QED) is 0.530. The highest BCUT2D eigenvalue weighted by Gasteiger charge is 2.09. The van der Waals surface area contributed by atoms with Gasteiger partial charge in [0.1, 0.15) is 12.6 Å². The van der Waals surface area contributed by atoms with Crippen molar-refractivity contribution in [3.8, 4) is 0 Å². The molecule has 3 heteroatoms. The van der Waals surface area contributed by atoms with Crippen LogP contribution in [-0.2, 0) is 0 Å². The van der Waals surface area contributed by atoms with Gasteiger partial charge in [-0.3, -0.25) is 0 Å². The fourth-order valence-electron chi connectivity index (χ4n) is 0.926. The zero-order valence-corrected chi connectivity index (χ0v) is 7.49. The zero-order chi connectivity index (χ0) is 7.98. The number of halogens is 1. The summed E-state index contributed by atoms with van der Waals surface area (Å²) in [6.07, 6.45) is -0.337. The highest BCUT2D eigenvalue weighted by Crippen LogP contribution is 1.81. The van der Waals surface area contributed by atoms with Crippen LogP contribution in [0.2, 0.25) is 0 Å². The summed E-state index contributed by atoms with van der Waals surface area (Å²) >= 11 is 5.45. The standard InChI is InChI=1S/C7H16ClNO/c1-3-9(4-2)6-7(10)5-8/h7,10H,3-6H2,1-2H3/p+1/t7-/m1/s1. The van der Waals surface area contributed by atoms with E-state index in [0.29, 0.717) is 5.88 Å². The number of aliphatic hydroxyl groups is 1. The van der Waals surface area contributed by atoms with E-state index in [1.165, 1.54) is 4.90 Å². The second kappa shape index (κ2) is 5.96. The van der Waals surface area contributed by atoms with Gasteiger partial charge in [0.2, 0.25) is 0 Å². The highest BCUT2D eigenvalue weighted by atomic mass is 35.5. The molecule has 2 N–H and O–H groups in total. The molecule has 2 nitrogen and oxygen atoms in total. The van der Waals surface area contributed by atoms with E-state index in [0.717, 1.165) is 19.6 Å². The van der Waals surface area contributed by atoms with Gasteiger partial charge in [-0.15, -0.1) is 11.6 Å². The summed E-state index contributed by atoms with van der Waals surface area (Å²) in [5, 5.41) is 9.14. The van der Waals surface area contributed by atoms with Crippen molar-refractivity contribution in [2.45, 2.75) is 20.0 Å². The number of alkyl halides is 1. The minimum Gasteiger partial charge on any atom is -0.386 e. The first-order valence-electron chi connectivity index (χ1n) is 3.82. The summed E-state index contributed by atoms with van der Waals surface area (Å²) in [4.78, 5) is 1.40. The summed E-state index contributed by atoms with van der Waals surface area (Å²) in [6, 6.07) is 0. The summed E-state index contributed by atoms with van der Waals surface area (Å²) < 4.78 is 0. The molecule has 0 heterocycles. The van der Waals surface area contributed by atoms with Crippen molar-refractivity contribution >= 4 is 11.6 Å². The van der Waals surface area contributed by atoms with Gasteiger partial charge in [0.15, 0.2) is 0 Å². The van der Waals surface area contributed by atoms with Crippen LogP contribution in [0.4, 0.5) is 0 Å². The highest BCUT2D eigenvalue weighted by molar-refractivity contribution is 6.18. The Kier molecular flexibility index (Phi) is 6.08. The van der Waals surface area contributed by atoms with Gasteiger partial charge in [-0.25, -0.2) is 0 Å². The molecule has 0 rings (SSSR count). The van der Waals surface area contributed by atoms with Crippen molar-refractivity contribution in [3.05, 3.63) is 0 Å². The Bertz CT molecular complexity index is 76.0. The van der Waals surface area contributed by atoms with Gasteiger partial charge < -0.3 is 10.0 Å². The van der Waals surface area contributed by atoms with Crippen LogP contribution in [0.1, 0.15) is 13.8 Å². The molecule has 0 bridgehead atoms. The molecule has 0 aromatic heterocycles. The summed E-state index contributed by atoms with van der Waals surface area (Å²) in [5.41, 5.74) is 0. The molecule has 0 spiro atoms.